The van der Waals surface area contributed by atoms with E-state index in [2.05, 4.69) is 57.4 Å². The van der Waals surface area contributed by atoms with E-state index in [0.29, 0.717) is 12.0 Å². The maximum absolute atomic E-state index is 3.43. The highest BCUT2D eigenvalue weighted by Crippen LogP contribution is 2.25. The summed E-state index contributed by atoms with van der Waals surface area (Å²) in [5, 5.41) is 3.43. The minimum absolute atomic E-state index is 0.595. The highest BCUT2D eigenvalue weighted by atomic mass is 14.9. The van der Waals surface area contributed by atoms with Gasteiger partial charge in [-0.3, -0.25) is 0 Å². The number of hydrogen-bond donors (Lipinski definition) is 1. The van der Waals surface area contributed by atoms with Gasteiger partial charge in [0, 0.05) is 6.04 Å². The van der Waals surface area contributed by atoms with Crippen LogP contribution in [0.2, 0.25) is 0 Å². The van der Waals surface area contributed by atoms with E-state index in [1.807, 2.05) is 0 Å². The van der Waals surface area contributed by atoms with Crippen LogP contribution in [0.1, 0.15) is 50.7 Å². The molecule has 0 fully saturated rings. The van der Waals surface area contributed by atoms with Crippen LogP contribution in [0, 0.1) is 0 Å². The second-order valence-corrected chi connectivity index (χ2v) is 4.41. The topological polar surface area (TPSA) is 12.0 Å². The van der Waals surface area contributed by atoms with Crippen LogP contribution >= 0.6 is 0 Å². The van der Waals surface area contributed by atoms with Crippen LogP contribution in [-0.2, 0) is 6.42 Å². The molecule has 2 unspecified atom stereocenters. The number of benzene rings is 1. The lowest BCUT2D eigenvalue weighted by Gasteiger charge is -2.25. The largest absolute Gasteiger partial charge is 0.316 e. The molecule has 1 heteroatoms. The first-order chi connectivity index (χ1) is 7.76. The third kappa shape index (κ3) is 3.08. The fourth-order valence-electron chi connectivity index (χ4n) is 2.44. The molecule has 0 heterocycles. The third-order valence-electron chi connectivity index (χ3n) is 3.55. The fraction of sp³-hybridized carbons (Fsp3) is 0.600. The molecular formula is C15H25N. The van der Waals surface area contributed by atoms with Crippen LogP contribution in [0.4, 0.5) is 0 Å². The molecule has 90 valence electrons. The van der Waals surface area contributed by atoms with E-state index in [1.54, 1.807) is 0 Å². The summed E-state index contributed by atoms with van der Waals surface area (Å²) in [6.07, 6.45) is 3.51. The van der Waals surface area contributed by atoms with Crippen LogP contribution in [0.15, 0.2) is 24.3 Å². The zero-order valence-electron chi connectivity index (χ0n) is 11.1. The second kappa shape index (κ2) is 6.70. The van der Waals surface area contributed by atoms with E-state index in [0.717, 1.165) is 6.42 Å². The molecule has 2 atom stereocenters. The van der Waals surface area contributed by atoms with E-state index < -0.39 is 0 Å². The predicted octanol–water partition coefficient (Wildman–Crippen LogP) is 3.74. The Morgan fingerprint density at radius 2 is 1.62 bits per heavy atom. The van der Waals surface area contributed by atoms with Crippen LogP contribution < -0.4 is 5.32 Å². The molecule has 16 heavy (non-hydrogen) atoms. The summed E-state index contributed by atoms with van der Waals surface area (Å²) in [7, 11) is 2.07. The van der Waals surface area contributed by atoms with E-state index in [4.69, 9.17) is 0 Å². The molecule has 1 aromatic carbocycles. The normalized spacial score (nSPS) is 14.8. The van der Waals surface area contributed by atoms with Gasteiger partial charge in [-0.05, 0) is 43.4 Å². The molecule has 0 bridgehead atoms. The maximum Gasteiger partial charge on any atom is 0.0130 e. The number of rotatable bonds is 6. The molecule has 0 saturated heterocycles. The minimum atomic E-state index is 0.595. The van der Waals surface area contributed by atoms with Crippen molar-refractivity contribution in [3.05, 3.63) is 35.4 Å². The summed E-state index contributed by atoms with van der Waals surface area (Å²) < 4.78 is 0. The molecule has 1 N–H and O–H groups in total. The molecule has 0 spiro atoms. The van der Waals surface area contributed by atoms with Crippen molar-refractivity contribution in [3.63, 3.8) is 0 Å². The van der Waals surface area contributed by atoms with Crippen LogP contribution in [0.25, 0.3) is 0 Å². The summed E-state index contributed by atoms with van der Waals surface area (Å²) in [4.78, 5) is 0. The summed E-state index contributed by atoms with van der Waals surface area (Å²) >= 11 is 0. The Hall–Kier alpha value is -0.820. The van der Waals surface area contributed by atoms with Crippen LogP contribution in [-0.4, -0.2) is 13.1 Å². The standard InChI is InChI=1S/C15H25N/c1-5-12-8-10-13(11-9-12)14(6-2)15(7-3)16-4/h8-11,14-16H,5-7H2,1-4H3. The third-order valence-corrected chi connectivity index (χ3v) is 3.55. The molecule has 0 aromatic heterocycles. The van der Waals surface area contributed by atoms with E-state index in [9.17, 15) is 0 Å². The van der Waals surface area contributed by atoms with Gasteiger partial charge < -0.3 is 5.32 Å². The fourth-order valence-corrected chi connectivity index (χ4v) is 2.44. The summed E-state index contributed by atoms with van der Waals surface area (Å²) in [5.41, 5.74) is 2.90. The van der Waals surface area contributed by atoms with Gasteiger partial charge >= 0.3 is 0 Å². The molecule has 0 aliphatic heterocycles. The Morgan fingerprint density at radius 3 is 2.00 bits per heavy atom. The molecule has 1 nitrogen and oxygen atoms in total. The number of hydrogen-bond acceptors (Lipinski definition) is 1. The van der Waals surface area contributed by atoms with Crippen molar-refractivity contribution < 1.29 is 0 Å². The van der Waals surface area contributed by atoms with Crippen LogP contribution in [0.5, 0.6) is 0 Å². The maximum atomic E-state index is 3.43. The van der Waals surface area contributed by atoms with Gasteiger partial charge in [0.1, 0.15) is 0 Å². The van der Waals surface area contributed by atoms with Gasteiger partial charge in [-0.1, -0.05) is 45.0 Å². The summed E-state index contributed by atoms with van der Waals surface area (Å²) in [6, 6.07) is 9.72. The summed E-state index contributed by atoms with van der Waals surface area (Å²) in [6.45, 7) is 6.73. The molecule has 0 radical (unpaired) electrons. The molecular weight excluding hydrogens is 194 g/mol. The number of nitrogens with one attached hydrogen (secondary N) is 1. The van der Waals surface area contributed by atoms with E-state index in [-0.39, 0.29) is 0 Å². The predicted molar refractivity (Wildman–Crippen MR) is 72.0 cm³/mol. The van der Waals surface area contributed by atoms with Crippen molar-refractivity contribution in [2.45, 2.75) is 52.0 Å². The first-order valence-electron chi connectivity index (χ1n) is 6.52. The van der Waals surface area contributed by atoms with E-state index in [1.165, 1.54) is 24.0 Å². The van der Waals surface area contributed by atoms with Gasteiger partial charge in [-0.15, -0.1) is 0 Å². The van der Waals surface area contributed by atoms with Crippen molar-refractivity contribution in [1.29, 1.82) is 0 Å². The van der Waals surface area contributed by atoms with Gasteiger partial charge in [-0.2, -0.15) is 0 Å². The Balaban J connectivity index is 2.85. The number of likely N-dealkylation sites (N-methyl/N-ethyl adjacent to an activating group) is 1. The first-order valence-corrected chi connectivity index (χ1v) is 6.52. The lowest BCUT2D eigenvalue weighted by Crippen LogP contribution is -2.31. The van der Waals surface area contributed by atoms with Crippen LogP contribution in [0.3, 0.4) is 0 Å². The number of aryl methyl sites for hydroxylation is 1. The highest BCUT2D eigenvalue weighted by Gasteiger charge is 2.18. The summed E-state index contributed by atoms with van der Waals surface area (Å²) in [5.74, 6) is 0.640. The second-order valence-electron chi connectivity index (χ2n) is 4.41. The Kier molecular flexibility index (Phi) is 5.54. The van der Waals surface area contributed by atoms with Gasteiger partial charge in [-0.25, -0.2) is 0 Å². The Morgan fingerprint density at radius 1 is 1.00 bits per heavy atom. The van der Waals surface area contributed by atoms with Crippen molar-refractivity contribution in [1.82, 2.24) is 5.32 Å². The quantitative estimate of drug-likeness (QED) is 0.768. The smallest absolute Gasteiger partial charge is 0.0130 e. The Labute approximate surface area is 100 Å². The highest BCUT2D eigenvalue weighted by molar-refractivity contribution is 5.26. The van der Waals surface area contributed by atoms with Crippen molar-refractivity contribution in [2.75, 3.05) is 7.05 Å². The first kappa shape index (κ1) is 13.2. The molecule has 0 saturated carbocycles. The molecule has 0 aliphatic carbocycles. The lowest BCUT2D eigenvalue weighted by atomic mass is 9.87. The molecule has 0 amide bonds. The SMILES string of the molecule is CCc1ccc(C(CC)C(CC)NC)cc1. The average molecular weight is 219 g/mol. The molecule has 1 aromatic rings. The lowest BCUT2D eigenvalue weighted by molar-refractivity contribution is 0.439. The molecule has 0 aliphatic rings. The van der Waals surface area contributed by atoms with Gasteiger partial charge in [0.05, 0.1) is 0 Å². The Bertz CT molecular complexity index is 285. The monoisotopic (exact) mass is 219 g/mol. The zero-order chi connectivity index (χ0) is 12.0. The van der Waals surface area contributed by atoms with Gasteiger partial charge in [0.25, 0.3) is 0 Å². The van der Waals surface area contributed by atoms with Crippen molar-refractivity contribution in [3.8, 4) is 0 Å². The molecule has 1 rings (SSSR count). The van der Waals surface area contributed by atoms with E-state index >= 15 is 0 Å². The van der Waals surface area contributed by atoms with Crippen molar-refractivity contribution in [2.24, 2.45) is 0 Å². The van der Waals surface area contributed by atoms with Crippen molar-refractivity contribution >= 4 is 0 Å². The van der Waals surface area contributed by atoms with Gasteiger partial charge in [0.15, 0.2) is 0 Å². The zero-order valence-corrected chi connectivity index (χ0v) is 11.1. The average Bonchev–Trinajstić information content (AvgIpc) is 2.36. The minimum Gasteiger partial charge on any atom is -0.316 e. The van der Waals surface area contributed by atoms with Gasteiger partial charge in [0.2, 0.25) is 0 Å².